The number of carbonyl (C=O) groups is 7. The van der Waals surface area contributed by atoms with Gasteiger partial charge in [0.25, 0.3) is 5.91 Å². The molecule has 0 fully saturated rings. The fourth-order valence-electron chi connectivity index (χ4n) is 5.62. The molecule has 1 rings (SSSR count). The minimum Gasteiger partial charge on any atom is -0.480 e. The molecule has 19 nitrogen and oxygen atoms in total. The monoisotopic (exact) mass is 895 g/mol. The van der Waals surface area contributed by atoms with Gasteiger partial charge >= 0.3 is 30.0 Å². The summed E-state index contributed by atoms with van der Waals surface area (Å²) in [5.41, 5.74) is 0.709. The zero-order valence-electron chi connectivity index (χ0n) is 39.9. The lowest BCUT2D eigenvalue weighted by atomic mass is 10.0. The van der Waals surface area contributed by atoms with Crippen molar-refractivity contribution in [3.05, 3.63) is 35.4 Å². The Bertz CT molecular complexity index is 1630. The van der Waals surface area contributed by atoms with E-state index in [2.05, 4.69) is 16.1 Å². The van der Waals surface area contributed by atoms with Crippen LogP contribution in [0.5, 0.6) is 0 Å². The number of benzene rings is 1. The smallest absolute Gasteiger partial charge is 0.408 e. The number of nitrogens with one attached hydrogen (secondary N) is 3. The van der Waals surface area contributed by atoms with Crippen molar-refractivity contribution in [2.45, 2.75) is 145 Å². The Hall–Kier alpha value is -4.85. The van der Waals surface area contributed by atoms with E-state index in [9.17, 15) is 38.7 Å². The van der Waals surface area contributed by atoms with Gasteiger partial charge in [0, 0.05) is 19.6 Å². The van der Waals surface area contributed by atoms with E-state index in [0.29, 0.717) is 12.0 Å². The summed E-state index contributed by atoms with van der Waals surface area (Å²) in [4.78, 5) is 98.9. The third-order valence-corrected chi connectivity index (χ3v) is 7.82. The highest BCUT2D eigenvalue weighted by Crippen LogP contribution is 2.13. The van der Waals surface area contributed by atoms with Gasteiger partial charge in [-0.05, 0) is 107 Å². The first-order chi connectivity index (χ1) is 28.8. The molecule has 0 saturated carbocycles. The van der Waals surface area contributed by atoms with Crippen LogP contribution in [0.2, 0.25) is 0 Å². The number of alkyl carbamates (subject to hydrolysis) is 1. The molecule has 0 aliphatic carbocycles. The van der Waals surface area contributed by atoms with Crippen molar-refractivity contribution >= 4 is 41.8 Å². The van der Waals surface area contributed by atoms with Gasteiger partial charge in [-0.1, -0.05) is 38.1 Å². The largest absolute Gasteiger partial charge is 0.480 e. The Balaban J connectivity index is 3.12. The van der Waals surface area contributed by atoms with Gasteiger partial charge in [-0.15, -0.1) is 0 Å². The Morgan fingerprint density at radius 3 is 1.49 bits per heavy atom. The number of hydrogen-bond acceptors (Lipinski definition) is 15. The summed E-state index contributed by atoms with van der Waals surface area (Å²) in [5, 5.41) is 15.1. The van der Waals surface area contributed by atoms with Crippen LogP contribution in [0.15, 0.2) is 24.3 Å². The number of aliphatic carboxylic acids is 1. The lowest BCUT2D eigenvalue weighted by Crippen LogP contribution is -2.50. The van der Waals surface area contributed by atoms with Crippen molar-refractivity contribution in [3.63, 3.8) is 0 Å². The summed E-state index contributed by atoms with van der Waals surface area (Å²) in [5.74, 6) is -3.90. The molecule has 0 bridgehead atoms. The van der Waals surface area contributed by atoms with E-state index in [1.165, 1.54) is 9.80 Å². The number of amides is 3. The van der Waals surface area contributed by atoms with E-state index in [-0.39, 0.29) is 65.0 Å². The second kappa shape index (κ2) is 25.4. The van der Waals surface area contributed by atoms with Crippen LogP contribution in [-0.4, -0.2) is 143 Å². The third kappa shape index (κ3) is 29.2. The molecule has 0 unspecified atom stereocenters. The van der Waals surface area contributed by atoms with Gasteiger partial charge in [0.05, 0.1) is 46.0 Å². The fourth-order valence-corrected chi connectivity index (χ4v) is 5.62. The molecule has 4 N–H and O–H groups in total. The van der Waals surface area contributed by atoms with Crippen molar-refractivity contribution in [2.24, 2.45) is 5.92 Å². The van der Waals surface area contributed by atoms with Crippen LogP contribution in [-0.2, 0) is 65.7 Å². The maximum absolute atomic E-state index is 13.4. The van der Waals surface area contributed by atoms with Gasteiger partial charge in [0.15, 0.2) is 0 Å². The standard InChI is InChI=1S/C44H74N6O13/c1-30(2)21-33(46-40(58)63-44(12,13)14)39(57)47-59-28-32-17-15-31(16-18-32)22-45-34(51)23-49(29-50(24-35(52)53)27-38(56)62-43(9,10)11)20-19-48(25-36(54)60-41(3,4)5)26-37(55)61-42(6,7)8/h15-18,30,33H,19-29H2,1-14H3,(H,45,51)(H,46,58)(H,47,57)(H,52,53)/t33-/m1/s1. The molecule has 0 heterocycles. The Morgan fingerprint density at radius 1 is 0.603 bits per heavy atom. The maximum Gasteiger partial charge on any atom is 0.408 e. The molecule has 0 saturated heterocycles. The van der Waals surface area contributed by atoms with Crippen molar-refractivity contribution in [1.82, 2.24) is 30.8 Å². The molecule has 1 aromatic carbocycles. The SMILES string of the molecule is CC(C)C[C@@H](NC(=O)OC(C)(C)C)C(=O)NOCc1ccc(CNC(=O)CN(CCN(CC(=O)OC(C)(C)C)CC(=O)OC(C)(C)C)CN(CC(=O)O)CC(=O)OC(C)(C)C)cc1. The molecule has 3 amide bonds. The highest BCUT2D eigenvalue weighted by atomic mass is 16.7. The van der Waals surface area contributed by atoms with Gasteiger partial charge in [0.2, 0.25) is 5.91 Å². The zero-order chi connectivity index (χ0) is 48.3. The van der Waals surface area contributed by atoms with Crippen molar-refractivity contribution in [1.29, 1.82) is 0 Å². The minimum absolute atomic E-state index is 0.0170. The third-order valence-electron chi connectivity index (χ3n) is 7.82. The fraction of sp³-hybridized carbons (Fsp3) is 0.705. The van der Waals surface area contributed by atoms with Crippen LogP contribution in [0.1, 0.15) is 114 Å². The van der Waals surface area contributed by atoms with Gasteiger partial charge in [0.1, 0.15) is 28.4 Å². The van der Waals surface area contributed by atoms with E-state index in [1.807, 2.05) is 13.8 Å². The van der Waals surface area contributed by atoms with Crippen LogP contribution >= 0.6 is 0 Å². The van der Waals surface area contributed by atoms with Crippen molar-refractivity contribution in [2.75, 3.05) is 52.5 Å². The van der Waals surface area contributed by atoms with E-state index in [1.54, 1.807) is 112 Å². The van der Waals surface area contributed by atoms with Crippen LogP contribution in [0.25, 0.3) is 0 Å². The number of carboxylic acids is 1. The molecular formula is C44H74N6O13. The van der Waals surface area contributed by atoms with Crippen LogP contribution in [0.3, 0.4) is 0 Å². The summed E-state index contributed by atoms with van der Waals surface area (Å²) in [6, 6.07) is 6.18. The van der Waals surface area contributed by atoms with E-state index in [4.69, 9.17) is 23.8 Å². The summed E-state index contributed by atoms with van der Waals surface area (Å²) in [7, 11) is 0. The molecule has 358 valence electrons. The normalized spacial score (nSPS) is 12.8. The van der Waals surface area contributed by atoms with Crippen LogP contribution in [0.4, 0.5) is 4.79 Å². The van der Waals surface area contributed by atoms with Crippen molar-refractivity contribution < 1.29 is 62.5 Å². The van der Waals surface area contributed by atoms with E-state index in [0.717, 1.165) is 5.56 Å². The number of hydroxylamine groups is 1. The molecule has 0 aromatic heterocycles. The maximum atomic E-state index is 13.4. The molecule has 0 aliphatic heterocycles. The van der Waals surface area contributed by atoms with E-state index < -0.39 is 76.8 Å². The van der Waals surface area contributed by atoms with Gasteiger partial charge < -0.3 is 34.7 Å². The molecule has 63 heavy (non-hydrogen) atoms. The highest BCUT2D eigenvalue weighted by molar-refractivity contribution is 5.85. The molecular weight excluding hydrogens is 821 g/mol. The topological polar surface area (TPSA) is 232 Å². The van der Waals surface area contributed by atoms with Crippen molar-refractivity contribution in [3.8, 4) is 0 Å². The number of carbonyl (C=O) groups excluding carboxylic acids is 6. The molecule has 0 radical (unpaired) electrons. The quantitative estimate of drug-likeness (QED) is 0.0501. The number of esters is 3. The average Bonchev–Trinajstić information content (AvgIpc) is 3.05. The number of hydrogen-bond donors (Lipinski definition) is 4. The highest BCUT2D eigenvalue weighted by Gasteiger charge is 2.28. The Kier molecular flexibility index (Phi) is 22.7. The Morgan fingerprint density at radius 2 is 1.05 bits per heavy atom. The van der Waals surface area contributed by atoms with Crippen LogP contribution in [0, 0.1) is 5.92 Å². The van der Waals surface area contributed by atoms with Crippen LogP contribution < -0.4 is 16.1 Å². The summed E-state index contributed by atoms with van der Waals surface area (Å²) < 4.78 is 21.7. The number of carboxylic acid groups (broad SMARTS) is 1. The van der Waals surface area contributed by atoms with Gasteiger partial charge in [-0.25, -0.2) is 10.3 Å². The predicted octanol–water partition coefficient (Wildman–Crippen LogP) is 3.76. The first-order valence-corrected chi connectivity index (χ1v) is 21.1. The number of rotatable bonds is 24. The predicted molar refractivity (Wildman–Crippen MR) is 233 cm³/mol. The number of ether oxygens (including phenoxy) is 4. The summed E-state index contributed by atoms with van der Waals surface area (Å²) in [6.07, 6.45) is -0.353. The second-order valence-corrected chi connectivity index (χ2v) is 19.7. The molecule has 1 aromatic rings. The van der Waals surface area contributed by atoms with Gasteiger partial charge in [-0.2, -0.15) is 0 Å². The number of nitrogens with zero attached hydrogens (tertiary/aromatic N) is 3. The van der Waals surface area contributed by atoms with E-state index >= 15 is 0 Å². The zero-order valence-corrected chi connectivity index (χ0v) is 39.9. The second-order valence-electron chi connectivity index (χ2n) is 19.7. The molecule has 1 atom stereocenters. The van der Waals surface area contributed by atoms with Gasteiger partial charge in [-0.3, -0.25) is 48.3 Å². The lowest BCUT2D eigenvalue weighted by Gasteiger charge is -2.32. The summed E-state index contributed by atoms with van der Waals surface area (Å²) >= 11 is 0. The first kappa shape index (κ1) is 56.2. The first-order valence-electron chi connectivity index (χ1n) is 21.1. The average molecular weight is 895 g/mol. The molecule has 0 spiro atoms. The lowest BCUT2D eigenvalue weighted by molar-refractivity contribution is -0.161. The minimum atomic E-state index is -1.21. The molecule has 19 heteroatoms. The summed E-state index contributed by atoms with van der Waals surface area (Å²) in [6.45, 7) is 22.8. The molecule has 0 aliphatic rings. The Labute approximate surface area is 373 Å².